The third kappa shape index (κ3) is 6.76. The summed E-state index contributed by atoms with van der Waals surface area (Å²) in [7, 11) is 0. The van der Waals surface area contributed by atoms with Gasteiger partial charge < -0.3 is 9.84 Å². The fourth-order valence-electron chi connectivity index (χ4n) is 5.61. The molecule has 2 heterocycles. The molecule has 1 aromatic heterocycles. The van der Waals surface area contributed by atoms with Gasteiger partial charge in [0.15, 0.2) is 0 Å². The van der Waals surface area contributed by atoms with Crippen LogP contribution in [-0.4, -0.2) is 33.5 Å². The first-order valence-corrected chi connectivity index (χ1v) is 14.3. The molecule has 0 bridgehead atoms. The molecular weight excluding hydrogens is 522 g/mol. The zero-order valence-electron chi connectivity index (χ0n) is 24.1. The largest absolute Gasteiger partial charge is 0.488 e. The van der Waals surface area contributed by atoms with Gasteiger partial charge in [-0.15, -0.1) is 0 Å². The topological polar surface area (TPSA) is 86.5 Å². The van der Waals surface area contributed by atoms with E-state index in [0.29, 0.717) is 24.3 Å². The summed E-state index contributed by atoms with van der Waals surface area (Å²) < 4.78 is 6.35. The van der Waals surface area contributed by atoms with Crippen molar-refractivity contribution in [3.05, 3.63) is 118 Å². The van der Waals surface area contributed by atoms with Crippen LogP contribution in [-0.2, 0) is 17.9 Å². The van der Waals surface area contributed by atoms with Gasteiger partial charge in [-0.05, 0) is 78.7 Å². The van der Waals surface area contributed by atoms with Crippen LogP contribution >= 0.6 is 0 Å². The van der Waals surface area contributed by atoms with Gasteiger partial charge in [0.05, 0.1) is 5.56 Å². The van der Waals surface area contributed by atoms with E-state index in [1.165, 1.54) is 22.9 Å². The third-order valence-corrected chi connectivity index (χ3v) is 7.94. The minimum Gasteiger partial charge on any atom is -0.488 e. The maximum absolute atomic E-state index is 12.0. The Morgan fingerprint density at radius 1 is 1.05 bits per heavy atom. The quantitative estimate of drug-likeness (QED) is 0.216. The van der Waals surface area contributed by atoms with E-state index >= 15 is 0 Å². The Morgan fingerprint density at radius 2 is 1.86 bits per heavy atom. The van der Waals surface area contributed by atoms with Crippen molar-refractivity contribution >= 4 is 18.1 Å². The third-order valence-electron chi connectivity index (χ3n) is 7.94. The average molecular weight is 558 g/mol. The molecule has 5 rings (SSSR count). The van der Waals surface area contributed by atoms with Crippen LogP contribution in [0.4, 0.5) is 0 Å². The lowest BCUT2D eigenvalue weighted by molar-refractivity contribution is -0.144. The fourth-order valence-corrected chi connectivity index (χ4v) is 5.61. The van der Waals surface area contributed by atoms with Gasteiger partial charge in [0.25, 0.3) is 0 Å². The Kier molecular flexibility index (Phi) is 9.11. The zero-order chi connectivity index (χ0) is 29.5. The highest BCUT2D eigenvalue weighted by Gasteiger charge is 2.29. The van der Waals surface area contributed by atoms with Gasteiger partial charge in [-0.2, -0.15) is 5.26 Å². The van der Waals surface area contributed by atoms with Crippen LogP contribution in [0.1, 0.15) is 58.2 Å². The molecule has 0 aliphatic carbocycles. The molecule has 4 aromatic rings. The summed E-state index contributed by atoms with van der Waals surface area (Å²) in [6.07, 6.45) is 10.0. The van der Waals surface area contributed by atoms with E-state index in [1.807, 2.05) is 17.0 Å². The number of nitriles is 1. The number of hydrogen-bond donors (Lipinski definition) is 1. The molecule has 1 atom stereocenters. The number of hydrogen-bond acceptors (Lipinski definition) is 5. The molecule has 0 unspecified atom stereocenters. The van der Waals surface area contributed by atoms with Crippen molar-refractivity contribution in [1.29, 1.82) is 5.26 Å². The Morgan fingerprint density at radius 3 is 2.64 bits per heavy atom. The highest BCUT2D eigenvalue weighted by molar-refractivity contribution is 5.78. The van der Waals surface area contributed by atoms with Gasteiger partial charge in [0.2, 0.25) is 0 Å². The molecule has 0 saturated carbocycles. The highest BCUT2D eigenvalue weighted by atomic mass is 16.5. The van der Waals surface area contributed by atoms with E-state index in [0.717, 1.165) is 47.2 Å². The van der Waals surface area contributed by atoms with Gasteiger partial charge in [-0.25, -0.2) is 0 Å². The number of pyridine rings is 1. The Bertz CT molecular complexity index is 1640. The van der Waals surface area contributed by atoms with Crippen LogP contribution in [0.5, 0.6) is 5.75 Å². The molecule has 42 heavy (non-hydrogen) atoms. The van der Waals surface area contributed by atoms with E-state index in [4.69, 9.17) is 4.74 Å². The van der Waals surface area contributed by atoms with Crippen molar-refractivity contribution in [1.82, 2.24) is 9.88 Å². The van der Waals surface area contributed by atoms with Crippen molar-refractivity contribution in [3.63, 3.8) is 0 Å². The molecular formula is C36H35N3O3. The van der Waals surface area contributed by atoms with Crippen molar-refractivity contribution in [2.75, 3.05) is 6.54 Å². The van der Waals surface area contributed by atoms with Crippen LogP contribution in [0.25, 0.3) is 23.3 Å². The van der Waals surface area contributed by atoms with Gasteiger partial charge in [0.1, 0.15) is 24.5 Å². The number of ether oxygens (including phenoxy) is 1. The standard InChI is InChI=1S/C36H35N3O3/c1-25-17-32(23-39-16-7-6-13-34(39)36(40)41)35(42-24-28-18-27(20-37)21-38-22-28)19-31(25)15-14-29-11-8-12-33(26(29)2)30-9-4-3-5-10-30/h3-5,8-12,14-15,17-19,21-22,34H,6-7,13,16,23-24H2,1-2H3,(H,40,41)/b15-14+/t34-/m0/s1. The average Bonchev–Trinajstić information content (AvgIpc) is 3.01. The lowest BCUT2D eigenvalue weighted by Gasteiger charge is -2.33. The normalized spacial score (nSPS) is 15.4. The highest BCUT2D eigenvalue weighted by Crippen LogP contribution is 2.31. The van der Waals surface area contributed by atoms with Crippen LogP contribution in [0.15, 0.2) is 79.1 Å². The van der Waals surface area contributed by atoms with Crippen molar-refractivity contribution < 1.29 is 14.6 Å². The zero-order valence-corrected chi connectivity index (χ0v) is 24.1. The fraction of sp³-hybridized carbons (Fsp3) is 0.250. The molecule has 212 valence electrons. The molecule has 1 aliphatic rings. The molecule has 6 nitrogen and oxygen atoms in total. The first kappa shape index (κ1) is 28.8. The Labute approximate surface area is 247 Å². The summed E-state index contributed by atoms with van der Waals surface area (Å²) >= 11 is 0. The van der Waals surface area contributed by atoms with Gasteiger partial charge >= 0.3 is 5.97 Å². The monoisotopic (exact) mass is 557 g/mol. The summed E-state index contributed by atoms with van der Waals surface area (Å²) in [6, 6.07) is 24.3. The second kappa shape index (κ2) is 13.3. The molecule has 1 saturated heterocycles. The Hall–Kier alpha value is -4.73. The van der Waals surface area contributed by atoms with Crippen LogP contribution in [0.2, 0.25) is 0 Å². The van der Waals surface area contributed by atoms with Crippen LogP contribution in [0.3, 0.4) is 0 Å². The second-order valence-corrected chi connectivity index (χ2v) is 10.8. The smallest absolute Gasteiger partial charge is 0.320 e. The lowest BCUT2D eigenvalue weighted by Crippen LogP contribution is -2.44. The van der Waals surface area contributed by atoms with Crippen LogP contribution in [0, 0.1) is 25.2 Å². The number of carboxylic acid groups (broad SMARTS) is 1. The molecule has 0 amide bonds. The summed E-state index contributed by atoms with van der Waals surface area (Å²) in [5.74, 6) is -0.0759. The molecule has 1 aliphatic heterocycles. The number of rotatable bonds is 9. The number of carboxylic acids is 1. The maximum Gasteiger partial charge on any atom is 0.320 e. The molecule has 0 spiro atoms. The number of benzene rings is 3. The number of aromatic nitrogens is 1. The molecule has 1 fully saturated rings. The van der Waals surface area contributed by atoms with Crippen LogP contribution < -0.4 is 4.74 Å². The number of aliphatic carboxylic acids is 1. The van der Waals surface area contributed by atoms with Gasteiger partial charge in [0, 0.05) is 30.1 Å². The lowest BCUT2D eigenvalue weighted by atomic mass is 9.95. The van der Waals surface area contributed by atoms with E-state index in [9.17, 15) is 15.2 Å². The van der Waals surface area contributed by atoms with Gasteiger partial charge in [-0.3, -0.25) is 14.7 Å². The molecule has 1 N–H and O–H groups in total. The minimum atomic E-state index is -0.777. The molecule has 0 radical (unpaired) electrons. The summed E-state index contributed by atoms with van der Waals surface area (Å²) in [4.78, 5) is 18.2. The predicted octanol–water partition coefficient (Wildman–Crippen LogP) is 7.43. The number of carbonyl (C=O) groups is 1. The SMILES string of the molecule is Cc1cc(CN2CCCC[C@H]2C(=O)O)c(OCc2cncc(C#N)c2)cc1/C=C/c1cccc(-c2ccccc2)c1C. The molecule has 6 heteroatoms. The maximum atomic E-state index is 12.0. The minimum absolute atomic E-state index is 0.252. The van der Waals surface area contributed by atoms with Crippen molar-refractivity contribution in [3.8, 4) is 22.9 Å². The van der Waals surface area contributed by atoms with Crippen molar-refractivity contribution in [2.45, 2.75) is 52.3 Å². The van der Waals surface area contributed by atoms with E-state index in [1.54, 1.807) is 12.3 Å². The van der Waals surface area contributed by atoms with Gasteiger partial charge in [-0.1, -0.05) is 73.2 Å². The van der Waals surface area contributed by atoms with E-state index in [-0.39, 0.29) is 6.61 Å². The first-order valence-electron chi connectivity index (χ1n) is 14.3. The molecule has 3 aromatic carbocycles. The van der Waals surface area contributed by atoms with E-state index in [2.05, 4.69) is 85.6 Å². The number of likely N-dealkylation sites (tertiary alicyclic amines) is 1. The summed E-state index contributed by atoms with van der Waals surface area (Å²) in [5.41, 5.74) is 9.08. The number of piperidine rings is 1. The first-order chi connectivity index (χ1) is 20.4. The number of nitrogens with zero attached hydrogens (tertiary/aromatic N) is 3. The Balaban J connectivity index is 1.47. The van der Waals surface area contributed by atoms with Crippen molar-refractivity contribution in [2.24, 2.45) is 0 Å². The number of aryl methyl sites for hydroxylation is 1. The summed E-state index contributed by atoms with van der Waals surface area (Å²) in [6.45, 7) is 5.70. The second-order valence-electron chi connectivity index (χ2n) is 10.8. The predicted molar refractivity (Wildman–Crippen MR) is 166 cm³/mol. The summed E-state index contributed by atoms with van der Waals surface area (Å²) in [5, 5.41) is 19.1. The van der Waals surface area contributed by atoms with E-state index < -0.39 is 12.0 Å².